The van der Waals surface area contributed by atoms with Gasteiger partial charge in [0.05, 0.1) is 14.2 Å². The molecule has 0 saturated carbocycles. The van der Waals surface area contributed by atoms with Crippen LogP contribution in [0.2, 0.25) is 0 Å². The third kappa shape index (κ3) is 2.01. The second-order valence-electron chi connectivity index (χ2n) is 4.04. The Hall–Kier alpha value is -2.76. The van der Waals surface area contributed by atoms with Gasteiger partial charge < -0.3 is 19.0 Å². The summed E-state index contributed by atoms with van der Waals surface area (Å²) in [6.07, 6.45) is 1.79. The van der Waals surface area contributed by atoms with Gasteiger partial charge in [-0.25, -0.2) is 0 Å². The molecule has 1 N–H and O–H groups in total. The van der Waals surface area contributed by atoms with E-state index in [1.165, 1.54) is 0 Å². The summed E-state index contributed by atoms with van der Waals surface area (Å²) >= 11 is 0. The van der Waals surface area contributed by atoms with Crippen molar-refractivity contribution in [2.75, 3.05) is 14.2 Å². The minimum atomic E-state index is 0.415. The zero-order chi connectivity index (χ0) is 13.9. The van der Waals surface area contributed by atoms with Crippen LogP contribution in [0.25, 0.3) is 23.0 Å². The van der Waals surface area contributed by atoms with Crippen molar-refractivity contribution in [3.8, 4) is 34.5 Å². The van der Waals surface area contributed by atoms with Gasteiger partial charge in [-0.05, 0) is 24.3 Å². The molecule has 6 nitrogen and oxygen atoms in total. The highest BCUT2D eigenvalue weighted by Gasteiger charge is 2.19. The quantitative estimate of drug-likeness (QED) is 0.789. The van der Waals surface area contributed by atoms with Gasteiger partial charge in [0.15, 0.2) is 0 Å². The molecule has 0 aliphatic carbocycles. The molecule has 0 aliphatic rings. The van der Waals surface area contributed by atoms with Crippen LogP contribution >= 0.6 is 0 Å². The van der Waals surface area contributed by atoms with Gasteiger partial charge in [-0.1, -0.05) is 11.2 Å². The van der Waals surface area contributed by atoms with Crippen LogP contribution in [0.15, 0.2) is 41.1 Å². The second kappa shape index (κ2) is 5.08. The molecule has 0 atom stereocenters. The van der Waals surface area contributed by atoms with Crippen molar-refractivity contribution in [2.45, 2.75) is 0 Å². The van der Waals surface area contributed by atoms with Crippen LogP contribution in [0.1, 0.15) is 0 Å². The number of hydrogen-bond donors (Lipinski definition) is 1. The zero-order valence-corrected chi connectivity index (χ0v) is 11.1. The molecule has 0 saturated heterocycles. The maximum Gasteiger partial charge on any atom is 0.274 e. The van der Waals surface area contributed by atoms with E-state index >= 15 is 0 Å². The number of H-pyrrole nitrogens is 1. The highest BCUT2D eigenvalue weighted by atomic mass is 16.5. The predicted molar refractivity (Wildman–Crippen MR) is 72.6 cm³/mol. The molecular formula is C14H13N3O3. The zero-order valence-electron chi connectivity index (χ0n) is 11.1. The van der Waals surface area contributed by atoms with Crippen LogP contribution in [-0.4, -0.2) is 29.3 Å². The largest absolute Gasteiger partial charge is 0.496 e. The molecule has 102 valence electrons. The lowest BCUT2D eigenvalue weighted by atomic mass is 10.1. The lowest BCUT2D eigenvalue weighted by Gasteiger charge is -2.09. The maximum absolute atomic E-state index is 5.33. The van der Waals surface area contributed by atoms with Gasteiger partial charge in [0.1, 0.15) is 22.8 Å². The fraction of sp³-hybridized carbons (Fsp3) is 0.143. The molecule has 3 aromatic rings. The van der Waals surface area contributed by atoms with E-state index in [0.717, 1.165) is 5.69 Å². The van der Waals surface area contributed by atoms with Gasteiger partial charge in [0.2, 0.25) is 5.82 Å². The van der Waals surface area contributed by atoms with Crippen LogP contribution in [0, 0.1) is 0 Å². The molecule has 0 aliphatic heterocycles. The molecule has 6 heteroatoms. The number of benzene rings is 1. The number of nitrogens with zero attached hydrogens (tertiary/aromatic N) is 2. The molecular weight excluding hydrogens is 258 g/mol. The van der Waals surface area contributed by atoms with Gasteiger partial charge >= 0.3 is 0 Å². The number of methoxy groups -OCH3 is 2. The molecule has 20 heavy (non-hydrogen) atoms. The minimum Gasteiger partial charge on any atom is -0.496 e. The monoisotopic (exact) mass is 271 g/mol. The Morgan fingerprint density at radius 3 is 2.40 bits per heavy atom. The summed E-state index contributed by atoms with van der Waals surface area (Å²) in [5.74, 6) is 2.09. The van der Waals surface area contributed by atoms with E-state index in [1.54, 1.807) is 20.4 Å². The number of aromatic nitrogens is 3. The molecule has 3 rings (SSSR count). The van der Waals surface area contributed by atoms with Gasteiger partial charge in [-0.15, -0.1) is 0 Å². The Bertz CT molecular complexity index is 682. The Morgan fingerprint density at radius 1 is 1.05 bits per heavy atom. The summed E-state index contributed by atoms with van der Waals surface area (Å²) in [5, 5.41) is 3.99. The molecule has 0 spiro atoms. The number of rotatable bonds is 4. The van der Waals surface area contributed by atoms with Gasteiger partial charge in [-0.3, -0.25) is 0 Å². The van der Waals surface area contributed by atoms with Crippen molar-refractivity contribution in [3.63, 3.8) is 0 Å². The lowest BCUT2D eigenvalue weighted by molar-refractivity contribution is 0.394. The first kappa shape index (κ1) is 12.3. The summed E-state index contributed by atoms with van der Waals surface area (Å²) in [6.45, 7) is 0. The number of nitrogens with one attached hydrogen (secondary N) is 1. The Kier molecular flexibility index (Phi) is 3.12. The van der Waals surface area contributed by atoms with Crippen LogP contribution in [0.3, 0.4) is 0 Å². The Labute approximate surface area is 115 Å². The van der Waals surface area contributed by atoms with Gasteiger partial charge in [0.25, 0.3) is 5.89 Å². The first-order valence-corrected chi connectivity index (χ1v) is 6.02. The van der Waals surface area contributed by atoms with Crippen LogP contribution in [-0.2, 0) is 0 Å². The summed E-state index contributed by atoms with van der Waals surface area (Å²) in [7, 11) is 3.18. The van der Waals surface area contributed by atoms with E-state index in [1.807, 2.05) is 30.3 Å². The van der Waals surface area contributed by atoms with Crippen molar-refractivity contribution >= 4 is 0 Å². The normalized spacial score (nSPS) is 10.5. The summed E-state index contributed by atoms with van der Waals surface area (Å²) < 4.78 is 15.9. The molecule has 0 bridgehead atoms. The molecule has 0 radical (unpaired) electrons. The summed E-state index contributed by atoms with van der Waals surface area (Å²) in [5.41, 5.74) is 1.43. The summed E-state index contributed by atoms with van der Waals surface area (Å²) in [6, 6.07) is 9.21. The third-order valence-corrected chi connectivity index (χ3v) is 2.91. The molecule has 0 fully saturated rings. The van der Waals surface area contributed by atoms with Gasteiger partial charge in [0, 0.05) is 6.20 Å². The SMILES string of the molecule is COc1cccc(OC)c1-c1noc(-c2ccc[nH]2)n1. The lowest BCUT2D eigenvalue weighted by Crippen LogP contribution is -1.94. The van der Waals surface area contributed by atoms with Crippen molar-refractivity contribution in [1.29, 1.82) is 0 Å². The molecule has 0 unspecified atom stereocenters. The third-order valence-electron chi connectivity index (χ3n) is 2.91. The van der Waals surface area contributed by atoms with Crippen molar-refractivity contribution in [2.24, 2.45) is 0 Å². The topological polar surface area (TPSA) is 73.2 Å². The highest BCUT2D eigenvalue weighted by Crippen LogP contribution is 2.37. The fourth-order valence-corrected chi connectivity index (χ4v) is 1.97. The van der Waals surface area contributed by atoms with E-state index in [2.05, 4.69) is 15.1 Å². The summed E-state index contributed by atoms with van der Waals surface area (Å²) in [4.78, 5) is 7.39. The highest BCUT2D eigenvalue weighted by molar-refractivity contribution is 5.72. The first-order valence-electron chi connectivity index (χ1n) is 6.02. The Morgan fingerprint density at radius 2 is 1.80 bits per heavy atom. The predicted octanol–water partition coefficient (Wildman–Crippen LogP) is 2.75. The van der Waals surface area contributed by atoms with E-state index in [4.69, 9.17) is 14.0 Å². The van der Waals surface area contributed by atoms with E-state index in [-0.39, 0.29) is 0 Å². The average Bonchev–Trinajstić information content (AvgIpc) is 3.16. The first-order chi connectivity index (χ1) is 9.83. The van der Waals surface area contributed by atoms with Crippen LogP contribution < -0.4 is 9.47 Å². The average molecular weight is 271 g/mol. The Balaban J connectivity index is 2.10. The second-order valence-corrected chi connectivity index (χ2v) is 4.04. The number of ether oxygens (including phenoxy) is 2. The van der Waals surface area contributed by atoms with Crippen LogP contribution in [0.5, 0.6) is 11.5 Å². The van der Waals surface area contributed by atoms with E-state index in [9.17, 15) is 0 Å². The van der Waals surface area contributed by atoms with Crippen molar-refractivity contribution in [3.05, 3.63) is 36.5 Å². The van der Waals surface area contributed by atoms with E-state index in [0.29, 0.717) is 28.8 Å². The van der Waals surface area contributed by atoms with Crippen molar-refractivity contribution in [1.82, 2.24) is 15.1 Å². The molecule has 2 aromatic heterocycles. The standard InChI is InChI=1S/C14H13N3O3/c1-18-10-6-3-7-11(19-2)12(10)13-16-14(20-17-13)9-5-4-8-15-9/h3-8,15H,1-2H3. The van der Waals surface area contributed by atoms with Gasteiger partial charge in [-0.2, -0.15) is 4.98 Å². The van der Waals surface area contributed by atoms with E-state index < -0.39 is 0 Å². The fourth-order valence-electron chi connectivity index (χ4n) is 1.97. The molecule has 0 amide bonds. The molecule has 1 aromatic carbocycles. The number of hydrogen-bond acceptors (Lipinski definition) is 5. The maximum atomic E-state index is 5.33. The smallest absolute Gasteiger partial charge is 0.274 e. The minimum absolute atomic E-state index is 0.415. The molecule has 2 heterocycles. The number of aromatic amines is 1. The van der Waals surface area contributed by atoms with Crippen molar-refractivity contribution < 1.29 is 14.0 Å². The van der Waals surface area contributed by atoms with Crippen LogP contribution in [0.4, 0.5) is 0 Å².